The normalized spacial score (nSPS) is 12.8. The molecule has 0 saturated carbocycles. The van der Waals surface area contributed by atoms with Crippen LogP contribution >= 0.6 is 0 Å². The van der Waals surface area contributed by atoms with Gasteiger partial charge in [0.1, 0.15) is 23.1 Å². The Balaban J connectivity index is 0.000000181. The molecule has 2 N–H and O–H groups in total. The van der Waals surface area contributed by atoms with Crippen LogP contribution in [0.5, 0.6) is 11.5 Å². The molecule has 0 atom stereocenters. The lowest BCUT2D eigenvalue weighted by atomic mass is 10.0. The molecular weight excluding hydrogens is 761 g/mol. The van der Waals surface area contributed by atoms with E-state index in [0.717, 1.165) is 66.2 Å². The van der Waals surface area contributed by atoms with Crippen LogP contribution in [0.4, 0.5) is 8.78 Å². The minimum atomic E-state index is -1.10. The summed E-state index contributed by atoms with van der Waals surface area (Å²) in [4.78, 5) is 47.9. The molecule has 59 heavy (non-hydrogen) atoms. The second kappa shape index (κ2) is 17.2. The first-order valence-corrected chi connectivity index (χ1v) is 19.4. The van der Waals surface area contributed by atoms with Crippen LogP contribution in [0.25, 0.3) is 21.8 Å². The molecule has 2 aliphatic rings. The van der Waals surface area contributed by atoms with E-state index in [2.05, 4.69) is 20.1 Å². The number of aryl methyl sites for hydroxylation is 5. The zero-order valence-corrected chi connectivity index (χ0v) is 33.4. The largest absolute Gasteiger partial charge is 0.481 e. The highest BCUT2D eigenvalue weighted by molar-refractivity contribution is 6.45. The number of nitrogens with two attached hydrogens (primary N) is 1. The summed E-state index contributed by atoms with van der Waals surface area (Å²) in [5, 5.41) is 1.38. The molecule has 0 radical (unpaired) electrons. The van der Waals surface area contributed by atoms with Gasteiger partial charge in [0.25, 0.3) is 11.7 Å². The maximum atomic E-state index is 14.5. The monoisotopic (exact) mass is 805 g/mol. The van der Waals surface area contributed by atoms with Gasteiger partial charge in [-0.15, -0.1) is 0 Å². The number of halogens is 2. The van der Waals surface area contributed by atoms with Crippen LogP contribution in [0.1, 0.15) is 68.0 Å². The Morgan fingerprint density at radius 3 is 1.73 bits per heavy atom. The molecule has 4 aromatic carbocycles. The summed E-state index contributed by atoms with van der Waals surface area (Å²) in [6.07, 6.45) is 5.58. The van der Waals surface area contributed by atoms with E-state index >= 15 is 0 Å². The maximum Gasteiger partial charge on any atom is 0.343 e. The number of amides is 1. The standard InChI is InChI=1S/C24H23FN2O5.C22H22FNO3/c1-13-20(23(29)24(26)30)21-18(32-12-19(28)31-2)10-14-7-5-8-16(14)22(21)27(13)11-15-6-3-4-9-17(15)25;1-14-10-18-20(27-13-21(25)26-2)11-15-7-5-8-17(15)22(18)24(14)12-16-6-3-4-9-19(16)23/h3-4,6,9-10H,5,7-8,11-12H2,1-2H3,(H2,26,30);3-4,6,9-11H,5,7-8,12-13H2,1-2H3. The first-order chi connectivity index (χ1) is 28.4. The van der Waals surface area contributed by atoms with E-state index in [-0.39, 0.29) is 37.0 Å². The van der Waals surface area contributed by atoms with Crippen LogP contribution in [-0.2, 0) is 62.6 Å². The van der Waals surface area contributed by atoms with Gasteiger partial charge in [0.05, 0.1) is 49.3 Å². The Hall–Kier alpha value is -6.50. The van der Waals surface area contributed by atoms with E-state index < -0.39 is 23.6 Å². The molecule has 0 fully saturated rings. The number of esters is 2. The van der Waals surface area contributed by atoms with Gasteiger partial charge in [-0.25, -0.2) is 18.4 Å². The van der Waals surface area contributed by atoms with E-state index in [1.54, 1.807) is 37.3 Å². The van der Waals surface area contributed by atoms with Gasteiger partial charge in [-0.2, -0.15) is 0 Å². The Bertz CT molecular complexity index is 2640. The molecule has 1 amide bonds. The number of benzene rings is 4. The first-order valence-electron chi connectivity index (χ1n) is 19.4. The number of methoxy groups -OCH3 is 2. The maximum absolute atomic E-state index is 14.5. The van der Waals surface area contributed by atoms with Crippen LogP contribution in [-0.4, -0.2) is 60.2 Å². The van der Waals surface area contributed by atoms with Gasteiger partial charge in [0, 0.05) is 27.9 Å². The summed E-state index contributed by atoms with van der Waals surface area (Å²) in [7, 11) is 2.60. The highest BCUT2D eigenvalue weighted by atomic mass is 19.1. The number of carbonyl (C=O) groups is 4. The summed E-state index contributed by atoms with van der Waals surface area (Å²) in [5.41, 5.74) is 14.5. The summed E-state index contributed by atoms with van der Waals surface area (Å²) in [6.45, 7) is 3.87. The van der Waals surface area contributed by atoms with Gasteiger partial charge in [-0.05, 0) is 105 Å². The van der Waals surface area contributed by atoms with Gasteiger partial charge in [-0.1, -0.05) is 36.4 Å². The lowest BCUT2D eigenvalue weighted by Gasteiger charge is -2.14. The van der Waals surface area contributed by atoms with Crippen LogP contribution in [0.3, 0.4) is 0 Å². The highest BCUT2D eigenvalue weighted by Gasteiger charge is 2.31. The average molecular weight is 806 g/mol. The van der Waals surface area contributed by atoms with Crippen molar-refractivity contribution in [3.63, 3.8) is 0 Å². The number of ketones is 1. The number of Topliss-reactive ketones (excluding diaryl/α,β-unsaturated/α-hetero) is 1. The van der Waals surface area contributed by atoms with Crippen molar-refractivity contribution in [2.75, 3.05) is 27.4 Å². The van der Waals surface area contributed by atoms with Gasteiger partial charge in [0.2, 0.25) is 0 Å². The number of primary amides is 1. The molecule has 0 bridgehead atoms. The second-order valence-electron chi connectivity index (χ2n) is 14.7. The molecule has 0 spiro atoms. The van der Waals surface area contributed by atoms with Gasteiger partial charge in [-0.3, -0.25) is 9.59 Å². The minimum Gasteiger partial charge on any atom is -0.481 e. The van der Waals surface area contributed by atoms with Gasteiger partial charge < -0.3 is 33.8 Å². The molecule has 2 heterocycles. The number of rotatable bonds is 12. The van der Waals surface area contributed by atoms with E-state index in [9.17, 15) is 28.0 Å². The number of nitrogens with zero attached hydrogens (tertiary/aromatic N) is 2. The third-order valence-electron chi connectivity index (χ3n) is 11.2. The number of hydrogen-bond acceptors (Lipinski definition) is 8. The van der Waals surface area contributed by atoms with Crippen molar-refractivity contribution < 1.29 is 46.9 Å². The van der Waals surface area contributed by atoms with Crippen LogP contribution in [0.15, 0.2) is 66.7 Å². The summed E-state index contributed by atoms with van der Waals surface area (Å²) in [6, 6.07) is 19.2. The molecule has 0 saturated heterocycles. The molecule has 13 heteroatoms. The third kappa shape index (κ3) is 8.01. The molecule has 306 valence electrons. The van der Waals surface area contributed by atoms with Gasteiger partial charge in [0.15, 0.2) is 13.2 Å². The number of fused-ring (bicyclic) bond motifs is 6. The van der Waals surface area contributed by atoms with Crippen molar-refractivity contribution in [1.29, 1.82) is 0 Å². The van der Waals surface area contributed by atoms with Crippen LogP contribution < -0.4 is 15.2 Å². The van der Waals surface area contributed by atoms with Crippen molar-refractivity contribution in [1.82, 2.24) is 9.13 Å². The first kappa shape index (κ1) is 40.7. The smallest absolute Gasteiger partial charge is 0.343 e. The summed E-state index contributed by atoms with van der Waals surface area (Å²) >= 11 is 0. The van der Waals surface area contributed by atoms with E-state index in [0.29, 0.717) is 45.8 Å². The number of ether oxygens (including phenoxy) is 4. The van der Waals surface area contributed by atoms with E-state index in [1.807, 2.05) is 29.7 Å². The zero-order chi connectivity index (χ0) is 42.0. The minimum absolute atomic E-state index is 0.110. The fraction of sp³-hybridized carbons (Fsp3) is 0.304. The number of carbonyl (C=O) groups excluding carboxylic acids is 4. The molecule has 2 aromatic heterocycles. The molecule has 0 aliphatic heterocycles. The molecule has 11 nitrogen and oxygen atoms in total. The predicted molar refractivity (Wildman–Crippen MR) is 217 cm³/mol. The van der Waals surface area contributed by atoms with Crippen LogP contribution in [0, 0.1) is 25.5 Å². The Morgan fingerprint density at radius 1 is 0.678 bits per heavy atom. The van der Waals surface area contributed by atoms with E-state index in [4.69, 9.17) is 15.2 Å². The number of aromatic nitrogens is 2. The molecule has 8 rings (SSSR count). The van der Waals surface area contributed by atoms with Crippen molar-refractivity contribution >= 4 is 45.4 Å². The average Bonchev–Trinajstić information content (AvgIpc) is 4.02. The second-order valence-corrected chi connectivity index (χ2v) is 14.7. The van der Waals surface area contributed by atoms with Crippen molar-refractivity contribution in [3.8, 4) is 11.5 Å². The lowest BCUT2D eigenvalue weighted by molar-refractivity contribution is -0.143. The summed E-state index contributed by atoms with van der Waals surface area (Å²) in [5.74, 6) is -2.54. The summed E-state index contributed by atoms with van der Waals surface area (Å²) < 4.78 is 53.6. The Kier molecular flexibility index (Phi) is 11.8. The lowest BCUT2D eigenvalue weighted by Crippen LogP contribution is -2.24. The van der Waals surface area contributed by atoms with Crippen LogP contribution in [0.2, 0.25) is 0 Å². The van der Waals surface area contributed by atoms with Crippen molar-refractivity contribution in [3.05, 3.63) is 129 Å². The van der Waals surface area contributed by atoms with Crippen molar-refractivity contribution in [2.45, 2.75) is 65.5 Å². The Morgan fingerprint density at radius 2 is 1.19 bits per heavy atom. The van der Waals surface area contributed by atoms with Crippen molar-refractivity contribution in [2.24, 2.45) is 5.73 Å². The molecule has 2 aliphatic carbocycles. The fourth-order valence-electron chi connectivity index (χ4n) is 8.36. The third-order valence-corrected chi connectivity index (χ3v) is 11.2. The Labute approximate surface area is 339 Å². The topological polar surface area (TPSA) is 141 Å². The van der Waals surface area contributed by atoms with Gasteiger partial charge >= 0.3 is 11.9 Å². The quantitative estimate of drug-likeness (QED) is 0.0791. The fourth-order valence-corrected chi connectivity index (χ4v) is 8.36. The zero-order valence-electron chi connectivity index (χ0n) is 33.4. The SMILES string of the molecule is COC(=O)COc1cc2c(c3c1c(C(=O)C(N)=O)c(C)n3Cc1ccccc1F)CCC2.COC(=O)COc1cc2c(c3c1cc(C)n3Cc1ccccc1F)CCC2. The van der Waals surface area contributed by atoms with E-state index in [1.165, 1.54) is 37.5 Å². The molecular formula is C46H45F2N3O8. The molecule has 6 aromatic rings. The predicted octanol–water partition coefficient (Wildman–Crippen LogP) is 7.02. The molecule has 0 unspecified atom stereocenters. The highest BCUT2D eigenvalue weighted by Crippen LogP contribution is 2.42. The number of hydrogen-bond donors (Lipinski definition) is 1.